The molecule has 1 N–H and O–H groups in total. The summed E-state index contributed by atoms with van der Waals surface area (Å²) in [5, 5.41) is 2.76. The monoisotopic (exact) mass is 346 g/mol. The highest BCUT2D eigenvalue weighted by Crippen LogP contribution is 2.35. The first-order valence-corrected chi connectivity index (χ1v) is 7.81. The molecule has 1 unspecified atom stereocenters. The molecule has 4 amide bonds. The third-order valence-corrected chi connectivity index (χ3v) is 4.46. The molecule has 2 aliphatic rings. The second kappa shape index (κ2) is 6.19. The molecule has 3 rings (SSSR count). The van der Waals surface area contributed by atoms with Crippen LogP contribution in [0, 0.1) is 5.82 Å². The Kier molecular flexibility index (Phi) is 4.20. The Bertz CT molecular complexity index is 773. The van der Waals surface area contributed by atoms with E-state index in [2.05, 4.69) is 5.32 Å². The van der Waals surface area contributed by atoms with Crippen molar-refractivity contribution in [2.75, 3.05) is 34.2 Å². The van der Waals surface area contributed by atoms with Crippen LogP contribution in [0.25, 0.3) is 0 Å². The molecule has 1 aromatic carbocycles. The first-order chi connectivity index (χ1) is 11.8. The van der Waals surface area contributed by atoms with Crippen LogP contribution < -0.4 is 5.32 Å². The number of likely N-dealkylation sites (N-methyl/N-ethyl adjacent to an activating group) is 2. The van der Waals surface area contributed by atoms with Crippen LogP contribution in [0.3, 0.4) is 0 Å². The molecule has 0 radical (unpaired) electrons. The summed E-state index contributed by atoms with van der Waals surface area (Å²) in [7, 11) is 4.82. The van der Waals surface area contributed by atoms with Gasteiger partial charge >= 0.3 is 6.03 Å². The van der Waals surface area contributed by atoms with Crippen molar-refractivity contribution in [1.29, 1.82) is 0 Å². The minimum absolute atomic E-state index is 0.0585. The molecule has 1 aromatic rings. The Hall–Kier alpha value is -2.90. The number of nitrogens with zero attached hydrogens (tertiary/aromatic N) is 3. The fourth-order valence-electron chi connectivity index (χ4n) is 2.96. The highest BCUT2D eigenvalue weighted by molar-refractivity contribution is 6.02. The van der Waals surface area contributed by atoms with Crippen molar-refractivity contribution in [3.05, 3.63) is 46.9 Å². The van der Waals surface area contributed by atoms with Crippen molar-refractivity contribution in [3.63, 3.8) is 0 Å². The molecular weight excluding hydrogens is 327 g/mol. The van der Waals surface area contributed by atoms with Gasteiger partial charge in [0.1, 0.15) is 12.4 Å². The van der Waals surface area contributed by atoms with Crippen molar-refractivity contribution < 1.29 is 18.8 Å². The second-order valence-corrected chi connectivity index (χ2v) is 6.30. The van der Waals surface area contributed by atoms with E-state index in [9.17, 15) is 18.8 Å². The molecule has 0 aromatic heterocycles. The molecule has 25 heavy (non-hydrogen) atoms. The highest BCUT2D eigenvalue weighted by Gasteiger charge is 2.43. The summed E-state index contributed by atoms with van der Waals surface area (Å²) in [4.78, 5) is 41.3. The third kappa shape index (κ3) is 2.95. The summed E-state index contributed by atoms with van der Waals surface area (Å²) >= 11 is 0. The number of nitrogens with one attached hydrogen (secondary N) is 1. The summed E-state index contributed by atoms with van der Waals surface area (Å²) in [6, 6.07) is 4.64. The average molecular weight is 346 g/mol. The average Bonchev–Trinajstić information content (AvgIpc) is 2.89. The maximum atomic E-state index is 13.2. The lowest BCUT2D eigenvalue weighted by Crippen LogP contribution is -2.45. The van der Waals surface area contributed by atoms with E-state index < -0.39 is 11.9 Å². The van der Waals surface area contributed by atoms with Crippen molar-refractivity contribution in [2.45, 2.75) is 6.04 Å². The lowest BCUT2D eigenvalue weighted by atomic mass is 9.96. The van der Waals surface area contributed by atoms with Gasteiger partial charge in [0.05, 0.1) is 23.9 Å². The Morgan fingerprint density at radius 1 is 1.28 bits per heavy atom. The fourth-order valence-corrected chi connectivity index (χ4v) is 2.96. The van der Waals surface area contributed by atoms with Crippen LogP contribution in [0.2, 0.25) is 0 Å². The third-order valence-electron chi connectivity index (χ3n) is 4.46. The van der Waals surface area contributed by atoms with Gasteiger partial charge in [-0.2, -0.15) is 0 Å². The Morgan fingerprint density at radius 3 is 2.52 bits per heavy atom. The van der Waals surface area contributed by atoms with Gasteiger partial charge in [-0.3, -0.25) is 14.5 Å². The summed E-state index contributed by atoms with van der Waals surface area (Å²) in [5.41, 5.74) is 1.60. The van der Waals surface area contributed by atoms with Crippen LogP contribution in [-0.4, -0.2) is 66.8 Å². The van der Waals surface area contributed by atoms with Gasteiger partial charge in [-0.15, -0.1) is 0 Å². The molecule has 0 bridgehead atoms. The van der Waals surface area contributed by atoms with Gasteiger partial charge in [0.25, 0.3) is 5.91 Å². The van der Waals surface area contributed by atoms with Crippen molar-refractivity contribution in [1.82, 2.24) is 20.0 Å². The molecule has 0 saturated carbocycles. The van der Waals surface area contributed by atoms with Gasteiger partial charge in [0, 0.05) is 21.1 Å². The first kappa shape index (κ1) is 16.9. The molecule has 2 aliphatic heterocycles. The number of halogens is 1. The van der Waals surface area contributed by atoms with E-state index in [1.165, 1.54) is 39.0 Å². The van der Waals surface area contributed by atoms with Crippen molar-refractivity contribution in [2.24, 2.45) is 0 Å². The lowest BCUT2D eigenvalue weighted by Gasteiger charge is -2.31. The summed E-state index contributed by atoms with van der Waals surface area (Å²) in [6.45, 7) is 0.131. The summed E-state index contributed by atoms with van der Waals surface area (Å²) in [5.74, 6) is -0.895. The number of amides is 4. The van der Waals surface area contributed by atoms with Crippen molar-refractivity contribution >= 4 is 17.8 Å². The van der Waals surface area contributed by atoms with E-state index in [0.717, 1.165) is 0 Å². The first-order valence-electron chi connectivity index (χ1n) is 7.81. The standard InChI is InChI=1S/C17H19FN4O3/c1-20(2)13(23)9-22-8-12-14(16(22)24)15(19-17(25)21(12)3)10-4-6-11(18)7-5-10/h4-7,15H,8-9H2,1-3H3,(H,19,25). The molecule has 0 aliphatic carbocycles. The summed E-state index contributed by atoms with van der Waals surface area (Å²) < 4.78 is 13.2. The second-order valence-electron chi connectivity index (χ2n) is 6.30. The molecule has 8 heteroatoms. The zero-order valence-electron chi connectivity index (χ0n) is 14.2. The van der Waals surface area contributed by atoms with E-state index in [0.29, 0.717) is 16.8 Å². The number of hydrogen-bond acceptors (Lipinski definition) is 3. The molecule has 0 spiro atoms. The van der Waals surface area contributed by atoms with Crippen LogP contribution in [0.15, 0.2) is 35.5 Å². The van der Waals surface area contributed by atoms with Crippen LogP contribution in [-0.2, 0) is 9.59 Å². The largest absolute Gasteiger partial charge is 0.347 e. The number of rotatable bonds is 3. The van der Waals surface area contributed by atoms with E-state index in [1.54, 1.807) is 21.1 Å². The molecule has 1 atom stereocenters. The number of carbonyl (C=O) groups excluding carboxylic acids is 3. The predicted molar refractivity (Wildman–Crippen MR) is 87.7 cm³/mol. The highest BCUT2D eigenvalue weighted by atomic mass is 19.1. The number of urea groups is 1. The minimum Gasteiger partial charge on any atom is -0.347 e. The quantitative estimate of drug-likeness (QED) is 0.876. The number of carbonyl (C=O) groups is 3. The normalized spacial score (nSPS) is 19.9. The molecule has 2 heterocycles. The van der Waals surface area contributed by atoms with Crippen LogP contribution in [0.5, 0.6) is 0 Å². The van der Waals surface area contributed by atoms with Gasteiger partial charge in [-0.05, 0) is 17.7 Å². The van der Waals surface area contributed by atoms with E-state index in [1.807, 2.05) is 0 Å². The zero-order chi connectivity index (χ0) is 18.3. The SMILES string of the molecule is CN(C)C(=O)CN1CC2=C(C1=O)C(c1ccc(F)cc1)NC(=O)N2C. The molecule has 0 saturated heterocycles. The van der Waals surface area contributed by atoms with Crippen LogP contribution in [0.1, 0.15) is 11.6 Å². The van der Waals surface area contributed by atoms with Gasteiger partial charge in [0.2, 0.25) is 5.91 Å². The van der Waals surface area contributed by atoms with Gasteiger partial charge < -0.3 is 15.1 Å². The van der Waals surface area contributed by atoms with Gasteiger partial charge in [-0.1, -0.05) is 12.1 Å². The lowest BCUT2D eigenvalue weighted by molar-refractivity contribution is -0.136. The molecule has 132 valence electrons. The predicted octanol–water partition coefficient (Wildman–Crippen LogP) is 0.706. The number of hydrogen-bond donors (Lipinski definition) is 1. The van der Waals surface area contributed by atoms with E-state index >= 15 is 0 Å². The Morgan fingerprint density at radius 2 is 1.92 bits per heavy atom. The zero-order valence-corrected chi connectivity index (χ0v) is 14.2. The van der Waals surface area contributed by atoms with Crippen LogP contribution in [0.4, 0.5) is 9.18 Å². The van der Waals surface area contributed by atoms with Crippen molar-refractivity contribution in [3.8, 4) is 0 Å². The number of benzene rings is 1. The molecule has 0 fully saturated rings. The maximum Gasteiger partial charge on any atom is 0.322 e. The fraction of sp³-hybridized carbons (Fsp3) is 0.353. The minimum atomic E-state index is -0.661. The van der Waals surface area contributed by atoms with Crippen LogP contribution >= 0.6 is 0 Å². The molecule has 7 nitrogen and oxygen atoms in total. The smallest absolute Gasteiger partial charge is 0.322 e. The van der Waals surface area contributed by atoms with Gasteiger partial charge in [-0.25, -0.2) is 9.18 Å². The Balaban J connectivity index is 1.94. The van der Waals surface area contributed by atoms with E-state index in [-0.39, 0.29) is 30.9 Å². The summed E-state index contributed by atoms with van der Waals surface area (Å²) in [6.07, 6.45) is 0. The maximum absolute atomic E-state index is 13.2. The van der Waals surface area contributed by atoms with Gasteiger partial charge in [0.15, 0.2) is 0 Å². The Labute approximate surface area is 144 Å². The molecular formula is C17H19FN4O3. The topological polar surface area (TPSA) is 73.0 Å². The van der Waals surface area contributed by atoms with E-state index in [4.69, 9.17) is 0 Å².